The summed E-state index contributed by atoms with van der Waals surface area (Å²) in [4.78, 5) is 16.2. The predicted octanol–water partition coefficient (Wildman–Crippen LogP) is 1.38. The summed E-state index contributed by atoms with van der Waals surface area (Å²) in [6.45, 7) is 3.52. The van der Waals surface area contributed by atoms with Crippen molar-refractivity contribution in [1.29, 1.82) is 0 Å². The third-order valence-electron chi connectivity index (χ3n) is 3.59. The molecule has 25 heavy (non-hydrogen) atoms. The van der Waals surface area contributed by atoms with Gasteiger partial charge in [0.1, 0.15) is 5.75 Å². The van der Waals surface area contributed by atoms with E-state index >= 15 is 0 Å². The maximum Gasteiger partial charge on any atom is 0.241 e. The summed E-state index contributed by atoms with van der Waals surface area (Å²) in [5.41, 5.74) is 1.52. The number of nitrogens with zero attached hydrogens (tertiary/aromatic N) is 1. The zero-order valence-electron chi connectivity index (χ0n) is 14.3. The lowest BCUT2D eigenvalue weighted by Gasteiger charge is -2.15. The molecule has 7 nitrogen and oxygen atoms in total. The molecule has 2 rings (SSSR count). The summed E-state index contributed by atoms with van der Waals surface area (Å²) in [6, 6.07) is 7.19. The molecular formula is C17H21N3O4S. The van der Waals surface area contributed by atoms with E-state index in [1.165, 1.54) is 26.2 Å². The molecule has 0 aliphatic rings. The minimum absolute atomic E-state index is 0.0812. The fourth-order valence-corrected chi connectivity index (χ4v) is 3.51. The molecule has 1 atom stereocenters. The van der Waals surface area contributed by atoms with E-state index in [2.05, 4.69) is 15.0 Å². The number of carbonyl (C=O) groups is 1. The van der Waals surface area contributed by atoms with Crippen LogP contribution in [0.15, 0.2) is 47.6 Å². The van der Waals surface area contributed by atoms with E-state index in [0.29, 0.717) is 11.3 Å². The number of benzene rings is 1. The molecule has 0 saturated carbocycles. The van der Waals surface area contributed by atoms with Crippen molar-refractivity contribution >= 4 is 15.9 Å². The molecule has 0 aliphatic carbocycles. The lowest BCUT2D eigenvalue weighted by Crippen LogP contribution is -2.44. The molecule has 0 radical (unpaired) electrons. The minimum Gasteiger partial charge on any atom is -0.496 e. The van der Waals surface area contributed by atoms with Crippen molar-refractivity contribution in [2.75, 3.05) is 7.11 Å². The monoisotopic (exact) mass is 363 g/mol. The summed E-state index contributed by atoms with van der Waals surface area (Å²) in [6.07, 6.45) is 3.27. The Morgan fingerprint density at radius 1 is 1.32 bits per heavy atom. The van der Waals surface area contributed by atoms with Crippen LogP contribution in [0.1, 0.15) is 18.1 Å². The van der Waals surface area contributed by atoms with Crippen LogP contribution in [0.3, 0.4) is 0 Å². The van der Waals surface area contributed by atoms with Gasteiger partial charge in [0, 0.05) is 18.9 Å². The first-order valence-electron chi connectivity index (χ1n) is 7.67. The highest BCUT2D eigenvalue weighted by Gasteiger charge is 2.22. The molecule has 2 aromatic rings. The molecule has 1 amide bonds. The fraction of sp³-hybridized carbons (Fsp3) is 0.294. The van der Waals surface area contributed by atoms with Gasteiger partial charge in [-0.15, -0.1) is 0 Å². The predicted molar refractivity (Wildman–Crippen MR) is 93.6 cm³/mol. The number of ether oxygens (including phenoxy) is 1. The Morgan fingerprint density at radius 2 is 2.08 bits per heavy atom. The van der Waals surface area contributed by atoms with E-state index in [1.807, 2.05) is 6.07 Å². The van der Waals surface area contributed by atoms with Crippen LogP contribution in [0, 0.1) is 6.92 Å². The summed E-state index contributed by atoms with van der Waals surface area (Å²) in [7, 11) is -2.30. The van der Waals surface area contributed by atoms with Crippen LogP contribution < -0.4 is 14.8 Å². The normalized spacial score (nSPS) is 12.4. The number of hydrogen-bond donors (Lipinski definition) is 2. The Kier molecular flexibility index (Phi) is 6.11. The second-order valence-corrected chi connectivity index (χ2v) is 7.27. The number of methoxy groups -OCH3 is 1. The van der Waals surface area contributed by atoms with E-state index in [1.54, 1.807) is 31.5 Å². The topological polar surface area (TPSA) is 97.4 Å². The first-order valence-corrected chi connectivity index (χ1v) is 9.15. The smallest absolute Gasteiger partial charge is 0.241 e. The van der Waals surface area contributed by atoms with Gasteiger partial charge < -0.3 is 10.1 Å². The van der Waals surface area contributed by atoms with Crippen molar-refractivity contribution in [2.24, 2.45) is 0 Å². The first-order chi connectivity index (χ1) is 11.8. The van der Waals surface area contributed by atoms with Crippen LogP contribution in [-0.2, 0) is 21.4 Å². The zero-order valence-corrected chi connectivity index (χ0v) is 15.1. The number of sulfonamides is 1. The van der Waals surface area contributed by atoms with Gasteiger partial charge in [-0.3, -0.25) is 9.78 Å². The molecule has 0 unspecified atom stereocenters. The van der Waals surface area contributed by atoms with Gasteiger partial charge in [0.2, 0.25) is 15.9 Å². The number of pyridine rings is 1. The third kappa shape index (κ3) is 5.01. The molecule has 8 heteroatoms. The van der Waals surface area contributed by atoms with E-state index < -0.39 is 22.0 Å². The average Bonchev–Trinajstić information content (AvgIpc) is 2.60. The lowest BCUT2D eigenvalue weighted by molar-refractivity contribution is -0.122. The molecule has 134 valence electrons. The Hall–Kier alpha value is -2.45. The number of rotatable bonds is 7. The Morgan fingerprint density at radius 3 is 2.68 bits per heavy atom. The molecule has 1 aromatic carbocycles. The largest absolute Gasteiger partial charge is 0.496 e. The van der Waals surface area contributed by atoms with E-state index in [0.717, 1.165) is 5.56 Å². The maximum absolute atomic E-state index is 12.4. The van der Waals surface area contributed by atoms with Gasteiger partial charge in [-0.05, 0) is 49.2 Å². The Balaban J connectivity index is 2.01. The van der Waals surface area contributed by atoms with Gasteiger partial charge in [-0.1, -0.05) is 6.07 Å². The molecule has 1 aromatic heterocycles. The Bertz CT molecular complexity index is 838. The summed E-state index contributed by atoms with van der Waals surface area (Å²) >= 11 is 0. The van der Waals surface area contributed by atoms with Crippen LogP contribution >= 0.6 is 0 Å². The highest BCUT2D eigenvalue weighted by atomic mass is 32.2. The van der Waals surface area contributed by atoms with Crippen LogP contribution in [0.25, 0.3) is 0 Å². The summed E-state index contributed by atoms with van der Waals surface area (Å²) in [5.74, 6) is 0.180. The second kappa shape index (κ2) is 8.09. The summed E-state index contributed by atoms with van der Waals surface area (Å²) < 4.78 is 32.4. The average molecular weight is 363 g/mol. The molecular weight excluding hydrogens is 342 g/mol. The lowest BCUT2D eigenvalue weighted by atomic mass is 10.2. The highest BCUT2D eigenvalue weighted by molar-refractivity contribution is 7.89. The quantitative estimate of drug-likeness (QED) is 0.775. The van der Waals surface area contributed by atoms with Crippen molar-refractivity contribution in [3.05, 3.63) is 53.9 Å². The molecule has 0 aliphatic heterocycles. The van der Waals surface area contributed by atoms with Crippen molar-refractivity contribution in [3.8, 4) is 5.75 Å². The molecule has 0 bridgehead atoms. The SMILES string of the molecule is COc1ccc(S(=O)(=O)N[C@H](C)C(=O)NCc2cccnc2)cc1C. The number of hydrogen-bond acceptors (Lipinski definition) is 5. The molecule has 0 saturated heterocycles. The molecule has 2 N–H and O–H groups in total. The van der Waals surface area contributed by atoms with Gasteiger partial charge in [0.15, 0.2) is 0 Å². The number of aryl methyl sites for hydroxylation is 1. The van der Waals surface area contributed by atoms with Crippen LogP contribution in [0.4, 0.5) is 0 Å². The third-order valence-corrected chi connectivity index (χ3v) is 5.13. The van der Waals surface area contributed by atoms with Crippen molar-refractivity contribution < 1.29 is 17.9 Å². The molecule has 0 spiro atoms. The van der Waals surface area contributed by atoms with Crippen molar-refractivity contribution in [1.82, 2.24) is 15.0 Å². The van der Waals surface area contributed by atoms with Gasteiger partial charge >= 0.3 is 0 Å². The fourth-order valence-electron chi connectivity index (χ4n) is 2.22. The minimum atomic E-state index is -3.81. The number of nitrogens with one attached hydrogen (secondary N) is 2. The Labute approximate surface area is 147 Å². The zero-order chi connectivity index (χ0) is 18.4. The van der Waals surface area contributed by atoms with Crippen LogP contribution in [0.5, 0.6) is 5.75 Å². The van der Waals surface area contributed by atoms with Gasteiger partial charge in [-0.2, -0.15) is 4.72 Å². The van der Waals surface area contributed by atoms with Gasteiger partial charge in [-0.25, -0.2) is 8.42 Å². The number of aromatic nitrogens is 1. The van der Waals surface area contributed by atoms with Crippen molar-refractivity contribution in [2.45, 2.75) is 31.3 Å². The standard InChI is InChI=1S/C17H21N3O4S/c1-12-9-15(6-7-16(12)24-3)25(22,23)20-13(2)17(21)19-11-14-5-4-8-18-10-14/h4-10,13,20H,11H2,1-3H3,(H,19,21)/t13-/m1/s1. The first kappa shape index (κ1) is 18.9. The van der Waals surface area contributed by atoms with E-state index in [9.17, 15) is 13.2 Å². The number of carbonyl (C=O) groups excluding carboxylic acids is 1. The van der Waals surface area contributed by atoms with E-state index in [-0.39, 0.29) is 11.4 Å². The number of amides is 1. The van der Waals surface area contributed by atoms with E-state index in [4.69, 9.17) is 4.74 Å². The van der Waals surface area contributed by atoms with Gasteiger partial charge in [0.05, 0.1) is 18.0 Å². The molecule has 1 heterocycles. The van der Waals surface area contributed by atoms with Crippen LogP contribution in [-0.4, -0.2) is 32.5 Å². The van der Waals surface area contributed by atoms with Crippen molar-refractivity contribution in [3.63, 3.8) is 0 Å². The highest BCUT2D eigenvalue weighted by Crippen LogP contribution is 2.21. The molecule has 0 fully saturated rings. The summed E-state index contributed by atoms with van der Waals surface area (Å²) in [5, 5.41) is 2.68. The van der Waals surface area contributed by atoms with Gasteiger partial charge in [0.25, 0.3) is 0 Å². The maximum atomic E-state index is 12.4. The van der Waals surface area contributed by atoms with Crippen LogP contribution in [0.2, 0.25) is 0 Å². The second-order valence-electron chi connectivity index (χ2n) is 5.55.